The molecular formula is C12H22N4O2. The van der Waals surface area contributed by atoms with Crippen LogP contribution < -0.4 is 16.0 Å². The van der Waals surface area contributed by atoms with Crippen LogP contribution in [-0.2, 0) is 4.79 Å². The van der Waals surface area contributed by atoms with Crippen molar-refractivity contribution in [3.05, 3.63) is 0 Å². The van der Waals surface area contributed by atoms with Crippen molar-refractivity contribution in [2.24, 2.45) is 11.8 Å². The lowest BCUT2D eigenvalue weighted by Crippen LogP contribution is -2.51. The summed E-state index contributed by atoms with van der Waals surface area (Å²) in [5.41, 5.74) is 0. The lowest BCUT2D eigenvalue weighted by Gasteiger charge is -2.29. The number of fused-ring (bicyclic) bond motifs is 1. The van der Waals surface area contributed by atoms with E-state index in [4.69, 9.17) is 0 Å². The average molecular weight is 254 g/mol. The fourth-order valence-corrected chi connectivity index (χ4v) is 3.14. The third-order valence-electron chi connectivity index (χ3n) is 4.32. The Balaban J connectivity index is 1.95. The Morgan fingerprint density at radius 1 is 1.39 bits per heavy atom. The second-order valence-electron chi connectivity index (χ2n) is 5.26. The number of nitrogens with zero attached hydrogens (tertiary/aromatic N) is 1. The van der Waals surface area contributed by atoms with Gasteiger partial charge in [0.25, 0.3) is 0 Å². The molecule has 2 saturated heterocycles. The van der Waals surface area contributed by atoms with Gasteiger partial charge in [0.15, 0.2) is 0 Å². The lowest BCUT2D eigenvalue weighted by molar-refractivity contribution is -0.125. The summed E-state index contributed by atoms with van der Waals surface area (Å²) < 4.78 is 0. The van der Waals surface area contributed by atoms with Crippen molar-refractivity contribution in [2.45, 2.75) is 25.9 Å². The van der Waals surface area contributed by atoms with Crippen LogP contribution in [0, 0.1) is 11.8 Å². The summed E-state index contributed by atoms with van der Waals surface area (Å²) in [4.78, 5) is 25.3. The minimum absolute atomic E-state index is 0.228. The minimum Gasteiger partial charge on any atom is -0.341 e. The van der Waals surface area contributed by atoms with Crippen molar-refractivity contribution in [2.75, 3.05) is 26.7 Å². The molecule has 4 unspecified atom stereocenters. The predicted molar refractivity (Wildman–Crippen MR) is 68.1 cm³/mol. The minimum atomic E-state index is -0.444. The van der Waals surface area contributed by atoms with Crippen LogP contribution >= 0.6 is 0 Å². The average Bonchev–Trinajstić information content (AvgIpc) is 2.91. The van der Waals surface area contributed by atoms with E-state index in [1.54, 1.807) is 0 Å². The number of hydrogen-bond donors (Lipinski definition) is 3. The molecule has 2 rings (SSSR count). The largest absolute Gasteiger partial charge is 0.341 e. The molecule has 18 heavy (non-hydrogen) atoms. The Labute approximate surface area is 107 Å². The predicted octanol–water partition coefficient (Wildman–Crippen LogP) is -0.630. The van der Waals surface area contributed by atoms with Gasteiger partial charge in [0.1, 0.15) is 0 Å². The van der Waals surface area contributed by atoms with Gasteiger partial charge >= 0.3 is 6.03 Å². The SMILES string of the molecule is CNC(=O)NC(=O)C(C)N1CC2CNCC2C1C. The summed E-state index contributed by atoms with van der Waals surface area (Å²) >= 11 is 0. The van der Waals surface area contributed by atoms with E-state index in [1.807, 2.05) is 6.92 Å². The van der Waals surface area contributed by atoms with Crippen molar-refractivity contribution < 1.29 is 9.59 Å². The molecule has 0 aromatic heterocycles. The summed E-state index contributed by atoms with van der Waals surface area (Å²) in [5, 5.41) is 8.13. The topological polar surface area (TPSA) is 73.5 Å². The molecule has 0 bridgehead atoms. The molecule has 6 heteroatoms. The molecule has 2 aliphatic rings. The Bertz CT molecular complexity index is 347. The highest BCUT2D eigenvalue weighted by Crippen LogP contribution is 2.33. The van der Waals surface area contributed by atoms with E-state index in [-0.39, 0.29) is 11.9 Å². The second kappa shape index (κ2) is 5.24. The van der Waals surface area contributed by atoms with Crippen LogP contribution in [0.2, 0.25) is 0 Å². The summed E-state index contributed by atoms with van der Waals surface area (Å²) in [7, 11) is 1.50. The van der Waals surface area contributed by atoms with Crippen LogP contribution in [-0.4, -0.2) is 55.6 Å². The summed E-state index contributed by atoms with van der Waals surface area (Å²) in [5.74, 6) is 1.03. The van der Waals surface area contributed by atoms with Crippen molar-refractivity contribution in [1.29, 1.82) is 0 Å². The first kappa shape index (κ1) is 13.3. The molecular weight excluding hydrogens is 232 g/mol. The molecule has 0 saturated carbocycles. The zero-order valence-electron chi connectivity index (χ0n) is 11.2. The number of likely N-dealkylation sites (tertiary alicyclic amines) is 1. The van der Waals surface area contributed by atoms with Gasteiger partial charge in [0, 0.05) is 19.6 Å². The van der Waals surface area contributed by atoms with Gasteiger partial charge in [-0.1, -0.05) is 0 Å². The van der Waals surface area contributed by atoms with E-state index in [1.165, 1.54) is 7.05 Å². The van der Waals surface area contributed by atoms with Crippen molar-refractivity contribution in [3.8, 4) is 0 Å². The molecule has 3 amide bonds. The van der Waals surface area contributed by atoms with Crippen LogP contribution in [0.3, 0.4) is 0 Å². The van der Waals surface area contributed by atoms with Gasteiger partial charge < -0.3 is 10.6 Å². The highest BCUT2D eigenvalue weighted by Gasteiger charge is 2.44. The molecule has 2 aliphatic heterocycles. The highest BCUT2D eigenvalue weighted by atomic mass is 16.2. The number of carbonyl (C=O) groups excluding carboxylic acids is 2. The molecule has 3 N–H and O–H groups in total. The van der Waals surface area contributed by atoms with Crippen molar-refractivity contribution in [1.82, 2.24) is 20.9 Å². The summed E-state index contributed by atoms with van der Waals surface area (Å²) in [6.45, 7) is 7.03. The number of amides is 3. The van der Waals surface area contributed by atoms with E-state index >= 15 is 0 Å². The summed E-state index contributed by atoms with van der Waals surface area (Å²) in [6, 6.07) is -0.320. The molecule has 0 radical (unpaired) electrons. The van der Waals surface area contributed by atoms with Gasteiger partial charge in [-0.05, 0) is 38.8 Å². The van der Waals surface area contributed by atoms with Crippen molar-refractivity contribution in [3.63, 3.8) is 0 Å². The quantitative estimate of drug-likeness (QED) is 0.613. The fraction of sp³-hybridized carbons (Fsp3) is 0.833. The smallest absolute Gasteiger partial charge is 0.321 e. The number of nitrogens with one attached hydrogen (secondary N) is 3. The zero-order valence-corrected chi connectivity index (χ0v) is 11.2. The Kier molecular flexibility index (Phi) is 3.87. The van der Waals surface area contributed by atoms with Gasteiger partial charge in [0.05, 0.1) is 6.04 Å². The van der Waals surface area contributed by atoms with E-state index in [2.05, 4.69) is 27.8 Å². The number of rotatable bonds is 2. The maximum Gasteiger partial charge on any atom is 0.321 e. The van der Waals surface area contributed by atoms with Crippen LogP contribution in [0.15, 0.2) is 0 Å². The molecule has 0 aliphatic carbocycles. The fourth-order valence-electron chi connectivity index (χ4n) is 3.14. The molecule has 0 spiro atoms. The summed E-state index contributed by atoms with van der Waals surface area (Å²) in [6.07, 6.45) is 0. The number of urea groups is 1. The monoisotopic (exact) mass is 254 g/mol. The molecule has 6 nitrogen and oxygen atoms in total. The first-order valence-corrected chi connectivity index (χ1v) is 6.53. The standard InChI is InChI=1S/C12H22N4O2/c1-7-10-5-14-4-9(10)6-16(7)8(2)11(17)15-12(18)13-3/h7-10,14H,4-6H2,1-3H3,(H2,13,15,17,18). The zero-order chi connectivity index (χ0) is 13.3. The van der Waals surface area contributed by atoms with Crippen LogP contribution in [0.5, 0.6) is 0 Å². The highest BCUT2D eigenvalue weighted by molar-refractivity contribution is 5.96. The maximum absolute atomic E-state index is 11.9. The Morgan fingerprint density at radius 3 is 2.72 bits per heavy atom. The van der Waals surface area contributed by atoms with E-state index < -0.39 is 6.03 Å². The van der Waals surface area contributed by atoms with E-state index in [9.17, 15) is 9.59 Å². The van der Waals surface area contributed by atoms with Crippen LogP contribution in [0.25, 0.3) is 0 Å². The second-order valence-corrected chi connectivity index (χ2v) is 5.26. The molecule has 0 aromatic carbocycles. The normalized spacial score (nSPS) is 32.9. The first-order valence-electron chi connectivity index (χ1n) is 6.53. The molecule has 0 aromatic rings. The molecule has 102 valence electrons. The number of hydrogen-bond acceptors (Lipinski definition) is 4. The molecule has 2 heterocycles. The van der Waals surface area contributed by atoms with Gasteiger partial charge in [-0.2, -0.15) is 0 Å². The van der Waals surface area contributed by atoms with Crippen molar-refractivity contribution >= 4 is 11.9 Å². The van der Waals surface area contributed by atoms with E-state index in [0.29, 0.717) is 17.9 Å². The Morgan fingerprint density at radius 2 is 2.11 bits per heavy atom. The first-order chi connectivity index (χ1) is 8.54. The van der Waals surface area contributed by atoms with Gasteiger partial charge in [-0.25, -0.2) is 4.79 Å². The number of imide groups is 1. The molecule has 4 atom stereocenters. The van der Waals surface area contributed by atoms with E-state index in [0.717, 1.165) is 19.6 Å². The van der Waals surface area contributed by atoms with Gasteiger partial charge in [-0.3, -0.25) is 15.0 Å². The third-order valence-corrected chi connectivity index (χ3v) is 4.32. The van der Waals surface area contributed by atoms with Gasteiger partial charge in [-0.15, -0.1) is 0 Å². The number of carbonyl (C=O) groups is 2. The molecule has 2 fully saturated rings. The lowest BCUT2D eigenvalue weighted by atomic mass is 9.95. The maximum atomic E-state index is 11.9. The third kappa shape index (κ3) is 2.35. The van der Waals surface area contributed by atoms with Crippen LogP contribution in [0.4, 0.5) is 4.79 Å². The van der Waals surface area contributed by atoms with Gasteiger partial charge in [0.2, 0.25) is 5.91 Å². The Hall–Kier alpha value is -1.14. The van der Waals surface area contributed by atoms with Crippen LogP contribution in [0.1, 0.15) is 13.8 Å².